The Labute approximate surface area is 180 Å². The van der Waals surface area contributed by atoms with Crippen LogP contribution < -0.4 is 16.0 Å². The van der Waals surface area contributed by atoms with Crippen molar-refractivity contribution in [2.75, 3.05) is 22.6 Å². The molecule has 0 spiro atoms. The molecule has 3 rings (SSSR count). The van der Waals surface area contributed by atoms with Crippen molar-refractivity contribution in [3.63, 3.8) is 0 Å². The van der Waals surface area contributed by atoms with Crippen LogP contribution in [0.3, 0.4) is 0 Å². The van der Waals surface area contributed by atoms with Gasteiger partial charge in [-0.05, 0) is 67.4 Å². The number of anilines is 3. The Bertz CT molecular complexity index is 1080. The molecule has 0 aliphatic heterocycles. The van der Waals surface area contributed by atoms with Crippen LogP contribution in [0.25, 0.3) is 0 Å². The molecule has 3 aromatic rings. The Morgan fingerprint density at radius 1 is 0.742 bits per heavy atom. The largest absolute Gasteiger partial charge is 0.452 e. The zero-order valence-electron chi connectivity index (χ0n) is 17.3. The monoisotopic (exact) mass is 417 g/mol. The number of amides is 3. The van der Waals surface area contributed by atoms with Gasteiger partial charge in [0.15, 0.2) is 6.61 Å². The van der Waals surface area contributed by atoms with Crippen LogP contribution in [-0.4, -0.2) is 24.5 Å². The lowest BCUT2D eigenvalue weighted by Gasteiger charge is -2.11. The van der Waals surface area contributed by atoms with Crippen LogP contribution in [0.2, 0.25) is 0 Å². The maximum absolute atomic E-state index is 12.2. The Kier molecular flexibility index (Phi) is 7.01. The highest BCUT2D eigenvalue weighted by molar-refractivity contribution is 6.00. The fourth-order valence-corrected chi connectivity index (χ4v) is 2.79. The Morgan fingerprint density at radius 2 is 1.39 bits per heavy atom. The molecule has 0 bridgehead atoms. The van der Waals surface area contributed by atoms with E-state index in [0.29, 0.717) is 17.1 Å². The third-order valence-corrected chi connectivity index (χ3v) is 4.62. The average molecular weight is 417 g/mol. The molecule has 0 saturated heterocycles. The third-order valence-electron chi connectivity index (χ3n) is 4.62. The van der Waals surface area contributed by atoms with Crippen LogP contribution in [0.15, 0.2) is 72.8 Å². The quantitative estimate of drug-likeness (QED) is 0.505. The number of carbonyl (C=O) groups is 3. The van der Waals surface area contributed by atoms with Gasteiger partial charge >= 0.3 is 12.0 Å². The van der Waals surface area contributed by atoms with E-state index in [9.17, 15) is 14.4 Å². The molecule has 0 aliphatic carbocycles. The second-order valence-corrected chi connectivity index (χ2v) is 6.89. The predicted octanol–water partition coefficient (Wildman–Crippen LogP) is 4.74. The van der Waals surface area contributed by atoms with E-state index >= 15 is 0 Å². The second kappa shape index (κ2) is 10.1. The van der Waals surface area contributed by atoms with Crippen LogP contribution in [0, 0.1) is 13.8 Å². The van der Waals surface area contributed by atoms with Crippen LogP contribution >= 0.6 is 0 Å². The standard InChI is InChI=1S/C24H23N3O4/c1-16-7-6-10-21(17(16)2)27-22(28)15-31-23(29)18-11-13-20(14-12-18)26-24(30)25-19-8-4-3-5-9-19/h3-14H,15H2,1-2H3,(H,27,28)(H2,25,26,30). The molecule has 0 atom stereocenters. The maximum Gasteiger partial charge on any atom is 0.338 e. The van der Waals surface area contributed by atoms with Crippen molar-refractivity contribution in [3.8, 4) is 0 Å². The summed E-state index contributed by atoms with van der Waals surface area (Å²) in [7, 11) is 0. The van der Waals surface area contributed by atoms with Crippen LogP contribution in [0.1, 0.15) is 21.5 Å². The van der Waals surface area contributed by atoms with Gasteiger partial charge in [0.25, 0.3) is 5.91 Å². The molecular weight excluding hydrogens is 394 g/mol. The highest BCUT2D eigenvalue weighted by Gasteiger charge is 2.12. The van der Waals surface area contributed by atoms with Crippen molar-refractivity contribution in [1.82, 2.24) is 0 Å². The Morgan fingerprint density at radius 3 is 2.06 bits per heavy atom. The van der Waals surface area contributed by atoms with E-state index in [0.717, 1.165) is 11.1 Å². The van der Waals surface area contributed by atoms with Gasteiger partial charge in [-0.3, -0.25) is 4.79 Å². The zero-order valence-corrected chi connectivity index (χ0v) is 17.3. The SMILES string of the molecule is Cc1cccc(NC(=O)COC(=O)c2ccc(NC(=O)Nc3ccccc3)cc2)c1C. The Balaban J connectivity index is 1.49. The number of benzene rings is 3. The molecule has 7 nitrogen and oxygen atoms in total. The summed E-state index contributed by atoms with van der Waals surface area (Å²) in [5.41, 5.74) is 4.15. The van der Waals surface area contributed by atoms with Crippen molar-refractivity contribution in [1.29, 1.82) is 0 Å². The van der Waals surface area contributed by atoms with Crippen molar-refractivity contribution in [3.05, 3.63) is 89.5 Å². The number of hydrogen-bond acceptors (Lipinski definition) is 4. The molecule has 3 aromatic carbocycles. The summed E-state index contributed by atoms with van der Waals surface area (Å²) in [4.78, 5) is 36.3. The number of para-hydroxylation sites is 1. The molecule has 7 heteroatoms. The summed E-state index contributed by atoms with van der Waals surface area (Å²) < 4.78 is 5.08. The normalized spacial score (nSPS) is 10.1. The first-order valence-corrected chi connectivity index (χ1v) is 9.68. The summed E-state index contributed by atoms with van der Waals surface area (Å²) in [6.45, 7) is 3.47. The minimum Gasteiger partial charge on any atom is -0.452 e. The Hall–Kier alpha value is -4.13. The summed E-state index contributed by atoms with van der Waals surface area (Å²) in [6, 6.07) is 20.4. The van der Waals surface area contributed by atoms with Gasteiger partial charge < -0.3 is 20.7 Å². The van der Waals surface area contributed by atoms with Crippen molar-refractivity contribution in [2.24, 2.45) is 0 Å². The fraction of sp³-hybridized carbons (Fsp3) is 0.125. The summed E-state index contributed by atoms with van der Waals surface area (Å²) in [5, 5.41) is 8.12. The minimum absolute atomic E-state index is 0.272. The highest BCUT2D eigenvalue weighted by Crippen LogP contribution is 2.18. The third kappa shape index (κ3) is 6.17. The number of esters is 1. The van der Waals surface area contributed by atoms with Gasteiger partial charge in [0.1, 0.15) is 0 Å². The van der Waals surface area contributed by atoms with E-state index in [1.807, 2.05) is 44.2 Å². The highest BCUT2D eigenvalue weighted by atomic mass is 16.5. The van der Waals surface area contributed by atoms with E-state index in [4.69, 9.17) is 4.74 Å². The smallest absolute Gasteiger partial charge is 0.338 e. The number of aryl methyl sites for hydroxylation is 1. The number of carbonyl (C=O) groups excluding carboxylic acids is 3. The zero-order chi connectivity index (χ0) is 22.2. The number of rotatable bonds is 6. The molecule has 0 aromatic heterocycles. The van der Waals surface area contributed by atoms with E-state index < -0.39 is 24.5 Å². The summed E-state index contributed by atoms with van der Waals surface area (Å²) in [6.07, 6.45) is 0. The maximum atomic E-state index is 12.2. The van der Waals surface area contributed by atoms with Crippen LogP contribution in [-0.2, 0) is 9.53 Å². The van der Waals surface area contributed by atoms with Gasteiger partial charge in [-0.25, -0.2) is 9.59 Å². The number of urea groups is 1. The molecule has 3 amide bonds. The first-order valence-electron chi connectivity index (χ1n) is 9.68. The van der Waals surface area contributed by atoms with E-state index in [-0.39, 0.29) is 5.56 Å². The molecular formula is C24H23N3O4. The van der Waals surface area contributed by atoms with Gasteiger partial charge in [0.05, 0.1) is 5.56 Å². The van der Waals surface area contributed by atoms with Crippen molar-refractivity contribution >= 4 is 35.0 Å². The molecule has 0 saturated carbocycles. The first-order chi connectivity index (χ1) is 14.9. The molecule has 31 heavy (non-hydrogen) atoms. The minimum atomic E-state index is -0.628. The van der Waals surface area contributed by atoms with Crippen LogP contribution in [0.4, 0.5) is 21.9 Å². The molecule has 3 N–H and O–H groups in total. The predicted molar refractivity (Wildman–Crippen MR) is 120 cm³/mol. The molecule has 158 valence electrons. The number of ether oxygens (including phenoxy) is 1. The van der Waals surface area contributed by atoms with Gasteiger partial charge in [0.2, 0.25) is 0 Å². The molecule has 0 fully saturated rings. The molecule has 0 aliphatic rings. The van der Waals surface area contributed by atoms with E-state index in [1.165, 1.54) is 12.1 Å². The summed E-state index contributed by atoms with van der Waals surface area (Å²) in [5.74, 6) is -1.05. The molecule has 0 unspecified atom stereocenters. The van der Waals surface area contributed by atoms with E-state index in [1.54, 1.807) is 30.3 Å². The van der Waals surface area contributed by atoms with Crippen LogP contribution in [0.5, 0.6) is 0 Å². The molecule has 0 radical (unpaired) electrons. The number of hydrogen-bond donors (Lipinski definition) is 3. The average Bonchev–Trinajstić information content (AvgIpc) is 2.76. The number of nitrogens with one attached hydrogen (secondary N) is 3. The fourth-order valence-electron chi connectivity index (χ4n) is 2.79. The van der Waals surface area contributed by atoms with Gasteiger partial charge in [-0.15, -0.1) is 0 Å². The lowest BCUT2D eigenvalue weighted by Crippen LogP contribution is -2.21. The van der Waals surface area contributed by atoms with Gasteiger partial charge in [-0.2, -0.15) is 0 Å². The summed E-state index contributed by atoms with van der Waals surface area (Å²) >= 11 is 0. The van der Waals surface area contributed by atoms with Crippen molar-refractivity contribution in [2.45, 2.75) is 13.8 Å². The van der Waals surface area contributed by atoms with Gasteiger partial charge in [0, 0.05) is 17.1 Å². The topological polar surface area (TPSA) is 96.5 Å². The second-order valence-electron chi connectivity index (χ2n) is 6.89. The van der Waals surface area contributed by atoms with E-state index in [2.05, 4.69) is 16.0 Å². The first kappa shape index (κ1) is 21.6. The lowest BCUT2D eigenvalue weighted by atomic mass is 10.1. The molecule has 0 heterocycles. The van der Waals surface area contributed by atoms with Gasteiger partial charge in [-0.1, -0.05) is 30.3 Å². The van der Waals surface area contributed by atoms with Crippen molar-refractivity contribution < 1.29 is 19.1 Å². The lowest BCUT2D eigenvalue weighted by molar-refractivity contribution is -0.119.